The second-order valence-corrected chi connectivity index (χ2v) is 8.28. The first-order valence-electron chi connectivity index (χ1n) is 9.53. The summed E-state index contributed by atoms with van der Waals surface area (Å²) in [4.78, 5) is 28.3. The molecule has 0 saturated heterocycles. The van der Waals surface area contributed by atoms with Gasteiger partial charge in [0, 0.05) is 11.0 Å². The van der Waals surface area contributed by atoms with Crippen LogP contribution in [0.1, 0.15) is 33.3 Å². The van der Waals surface area contributed by atoms with Gasteiger partial charge >= 0.3 is 0 Å². The zero-order valence-corrected chi connectivity index (χ0v) is 17.6. The summed E-state index contributed by atoms with van der Waals surface area (Å²) in [5.41, 5.74) is 1.67. The van der Waals surface area contributed by atoms with Gasteiger partial charge in [0.1, 0.15) is 17.1 Å². The van der Waals surface area contributed by atoms with E-state index >= 15 is 0 Å². The van der Waals surface area contributed by atoms with Gasteiger partial charge in [-0.05, 0) is 53.6 Å². The summed E-state index contributed by atoms with van der Waals surface area (Å²) in [6, 6.07) is 16.6. The molecule has 7 heteroatoms. The van der Waals surface area contributed by atoms with Crippen LogP contribution in [0.15, 0.2) is 80.4 Å². The van der Waals surface area contributed by atoms with Gasteiger partial charge in [-0.15, -0.1) is 0 Å². The van der Waals surface area contributed by atoms with E-state index < -0.39 is 11.9 Å². The molecule has 0 bridgehead atoms. The van der Waals surface area contributed by atoms with Gasteiger partial charge in [-0.1, -0.05) is 40.2 Å². The van der Waals surface area contributed by atoms with Crippen molar-refractivity contribution in [1.82, 2.24) is 4.90 Å². The van der Waals surface area contributed by atoms with E-state index in [0.29, 0.717) is 22.1 Å². The highest BCUT2D eigenvalue weighted by Crippen LogP contribution is 2.39. The number of aromatic hydroxyl groups is 1. The lowest BCUT2D eigenvalue weighted by Gasteiger charge is -2.25. The molecule has 0 radical (unpaired) electrons. The third-order valence-corrected chi connectivity index (χ3v) is 5.90. The average molecular weight is 480 g/mol. The van der Waals surface area contributed by atoms with E-state index in [9.17, 15) is 19.1 Å². The molecule has 1 unspecified atom stereocenters. The molecule has 1 aliphatic heterocycles. The van der Waals surface area contributed by atoms with Crippen molar-refractivity contribution in [2.45, 2.75) is 12.6 Å². The second kappa shape index (κ2) is 7.35. The molecule has 154 valence electrons. The van der Waals surface area contributed by atoms with Crippen molar-refractivity contribution in [3.8, 4) is 5.75 Å². The summed E-state index contributed by atoms with van der Waals surface area (Å²) >= 11 is 3.37. The number of hydrogen-bond acceptors (Lipinski definition) is 4. The molecule has 1 aliphatic rings. The van der Waals surface area contributed by atoms with E-state index in [0.717, 1.165) is 4.47 Å². The second-order valence-electron chi connectivity index (χ2n) is 7.37. The van der Waals surface area contributed by atoms with Crippen molar-refractivity contribution in [3.05, 3.63) is 110 Å². The topological polar surface area (TPSA) is 70.8 Å². The lowest BCUT2D eigenvalue weighted by atomic mass is 9.98. The fourth-order valence-corrected chi connectivity index (χ4v) is 4.31. The SMILES string of the molecule is O=C1c2oc3ccc(Br)cc3c(=O)c2C(c2ccc(O)cc2)N1Cc1ccc(F)cc1. The van der Waals surface area contributed by atoms with Gasteiger partial charge in [0.2, 0.25) is 5.76 Å². The third kappa shape index (κ3) is 3.31. The van der Waals surface area contributed by atoms with Crippen molar-refractivity contribution < 1.29 is 18.7 Å². The van der Waals surface area contributed by atoms with E-state index in [2.05, 4.69) is 15.9 Å². The minimum absolute atomic E-state index is 0.00000845. The predicted molar refractivity (Wildman–Crippen MR) is 116 cm³/mol. The van der Waals surface area contributed by atoms with Crippen LogP contribution in [0.4, 0.5) is 4.39 Å². The third-order valence-electron chi connectivity index (χ3n) is 5.40. The van der Waals surface area contributed by atoms with Gasteiger partial charge < -0.3 is 14.4 Å². The molecule has 1 aromatic heterocycles. The molecule has 0 aliphatic carbocycles. The van der Waals surface area contributed by atoms with E-state index in [-0.39, 0.29) is 34.9 Å². The van der Waals surface area contributed by atoms with Crippen LogP contribution >= 0.6 is 15.9 Å². The quantitative estimate of drug-likeness (QED) is 0.441. The van der Waals surface area contributed by atoms with Gasteiger partial charge in [-0.2, -0.15) is 0 Å². The molecule has 1 amide bonds. The fraction of sp³-hybridized carbons (Fsp3) is 0.0833. The molecule has 5 nitrogen and oxygen atoms in total. The van der Waals surface area contributed by atoms with Crippen LogP contribution in [0.2, 0.25) is 0 Å². The number of halogens is 2. The van der Waals surface area contributed by atoms with Crippen LogP contribution in [-0.2, 0) is 6.54 Å². The number of rotatable bonds is 3. The molecule has 1 N–H and O–H groups in total. The molecule has 31 heavy (non-hydrogen) atoms. The highest BCUT2D eigenvalue weighted by atomic mass is 79.9. The Morgan fingerprint density at radius 2 is 1.71 bits per heavy atom. The summed E-state index contributed by atoms with van der Waals surface area (Å²) in [6.45, 7) is 0.161. The summed E-state index contributed by atoms with van der Waals surface area (Å²) in [5.74, 6) is -0.712. The van der Waals surface area contributed by atoms with Crippen LogP contribution in [0.5, 0.6) is 5.75 Å². The van der Waals surface area contributed by atoms with Gasteiger partial charge in [0.15, 0.2) is 5.43 Å². The number of nitrogens with zero attached hydrogens (tertiary/aromatic N) is 1. The Morgan fingerprint density at radius 1 is 1.00 bits per heavy atom. The smallest absolute Gasteiger partial charge is 0.291 e. The normalized spacial score (nSPS) is 15.5. The minimum atomic E-state index is -0.701. The van der Waals surface area contributed by atoms with Gasteiger partial charge in [0.25, 0.3) is 5.91 Å². The van der Waals surface area contributed by atoms with E-state index in [1.807, 2.05) is 0 Å². The van der Waals surface area contributed by atoms with E-state index in [1.54, 1.807) is 42.5 Å². The molecular formula is C24H15BrFNO4. The zero-order chi connectivity index (χ0) is 21.7. The first kappa shape index (κ1) is 19.5. The molecule has 0 fully saturated rings. The summed E-state index contributed by atoms with van der Waals surface area (Å²) in [6.07, 6.45) is 0. The summed E-state index contributed by atoms with van der Waals surface area (Å²) < 4.78 is 20.0. The fourth-order valence-electron chi connectivity index (χ4n) is 3.95. The molecule has 1 atom stereocenters. The van der Waals surface area contributed by atoms with Gasteiger partial charge in [-0.25, -0.2) is 4.39 Å². The summed E-state index contributed by atoms with van der Waals surface area (Å²) in [5, 5.41) is 10.1. The Balaban J connectivity index is 1.72. The molecular weight excluding hydrogens is 465 g/mol. The highest BCUT2D eigenvalue weighted by Gasteiger charge is 2.42. The lowest BCUT2D eigenvalue weighted by molar-refractivity contribution is 0.0714. The van der Waals surface area contributed by atoms with Crippen LogP contribution in [0.25, 0.3) is 11.0 Å². The van der Waals surface area contributed by atoms with E-state index in [1.165, 1.54) is 29.2 Å². The average Bonchev–Trinajstić information content (AvgIpc) is 3.03. The predicted octanol–water partition coefficient (Wildman–Crippen LogP) is 5.15. The van der Waals surface area contributed by atoms with Crippen molar-refractivity contribution in [2.24, 2.45) is 0 Å². The van der Waals surface area contributed by atoms with Gasteiger partial charge in [-0.3, -0.25) is 9.59 Å². The number of benzene rings is 3. The number of amides is 1. The largest absolute Gasteiger partial charge is 0.508 e. The number of fused-ring (bicyclic) bond motifs is 2. The Morgan fingerprint density at radius 3 is 2.42 bits per heavy atom. The molecule has 0 saturated carbocycles. The first-order valence-corrected chi connectivity index (χ1v) is 10.3. The maximum atomic E-state index is 13.5. The van der Waals surface area contributed by atoms with Gasteiger partial charge in [0.05, 0.1) is 17.0 Å². The number of carbonyl (C=O) groups is 1. The minimum Gasteiger partial charge on any atom is -0.508 e. The van der Waals surface area contributed by atoms with Crippen molar-refractivity contribution in [1.29, 1.82) is 0 Å². The van der Waals surface area contributed by atoms with Crippen molar-refractivity contribution in [2.75, 3.05) is 0 Å². The van der Waals surface area contributed by atoms with Crippen LogP contribution < -0.4 is 5.43 Å². The highest BCUT2D eigenvalue weighted by molar-refractivity contribution is 9.10. The molecule has 5 rings (SSSR count). The van der Waals surface area contributed by atoms with Crippen molar-refractivity contribution in [3.63, 3.8) is 0 Å². The molecule has 4 aromatic rings. The first-order chi connectivity index (χ1) is 14.9. The number of carbonyl (C=O) groups excluding carboxylic acids is 1. The van der Waals surface area contributed by atoms with Crippen LogP contribution in [-0.4, -0.2) is 15.9 Å². The van der Waals surface area contributed by atoms with Crippen LogP contribution in [0, 0.1) is 5.82 Å². The molecule has 2 heterocycles. The Kier molecular flexibility index (Phi) is 4.63. The van der Waals surface area contributed by atoms with Crippen molar-refractivity contribution >= 4 is 32.8 Å². The maximum absolute atomic E-state index is 13.5. The number of phenols is 1. The Bertz CT molecular complexity index is 1380. The van der Waals surface area contributed by atoms with E-state index in [4.69, 9.17) is 4.42 Å². The Hall–Kier alpha value is -3.45. The Labute approximate surface area is 184 Å². The number of hydrogen-bond donors (Lipinski definition) is 1. The standard InChI is InChI=1S/C24H15BrFNO4/c25-15-5-10-19-18(11-15)22(29)20-21(14-3-8-17(28)9-4-14)27(24(30)23(20)31-19)12-13-1-6-16(26)7-2-13/h1-11,21,28H,12H2. The molecule has 0 spiro atoms. The number of phenolic OH excluding ortho intramolecular Hbond substituents is 1. The zero-order valence-electron chi connectivity index (χ0n) is 16.0. The maximum Gasteiger partial charge on any atom is 0.291 e. The summed E-state index contributed by atoms with van der Waals surface area (Å²) in [7, 11) is 0. The monoisotopic (exact) mass is 479 g/mol. The molecule has 3 aromatic carbocycles. The van der Waals surface area contributed by atoms with Crippen LogP contribution in [0.3, 0.4) is 0 Å². The lowest BCUT2D eigenvalue weighted by Crippen LogP contribution is -2.29.